The van der Waals surface area contributed by atoms with Crippen molar-refractivity contribution in [2.75, 3.05) is 26.3 Å². The number of rotatable bonds is 6. The SMILES string of the molecule is CC(C)N(Cc1cccs1)CC1(CN)CCOC1. The van der Waals surface area contributed by atoms with Gasteiger partial charge in [0.2, 0.25) is 0 Å². The van der Waals surface area contributed by atoms with E-state index in [2.05, 4.69) is 36.3 Å². The Morgan fingerprint density at radius 1 is 1.56 bits per heavy atom. The average molecular weight is 268 g/mol. The molecule has 0 bridgehead atoms. The van der Waals surface area contributed by atoms with Gasteiger partial charge in [0.1, 0.15) is 0 Å². The molecule has 18 heavy (non-hydrogen) atoms. The second kappa shape index (κ2) is 6.15. The molecule has 1 aromatic rings. The molecule has 0 aliphatic carbocycles. The Morgan fingerprint density at radius 2 is 2.39 bits per heavy atom. The Kier molecular flexibility index (Phi) is 4.78. The van der Waals surface area contributed by atoms with E-state index in [9.17, 15) is 0 Å². The fourth-order valence-electron chi connectivity index (χ4n) is 2.45. The van der Waals surface area contributed by atoms with Crippen LogP contribution >= 0.6 is 11.3 Å². The maximum absolute atomic E-state index is 5.99. The van der Waals surface area contributed by atoms with Crippen LogP contribution in [0.1, 0.15) is 25.1 Å². The molecule has 2 rings (SSSR count). The molecule has 1 saturated heterocycles. The van der Waals surface area contributed by atoms with Crippen LogP contribution in [0.2, 0.25) is 0 Å². The molecule has 1 unspecified atom stereocenters. The first-order valence-corrected chi connectivity index (χ1v) is 7.57. The summed E-state index contributed by atoms with van der Waals surface area (Å²) < 4.78 is 5.56. The zero-order valence-electron chi connectivity index (χ0n) is 11.4. The van der Waals surface area contributed by atoms with E-state index < -0.39 is 0 Å². The third kappa shape index (κ3) is 3.32. The molecule has 0 aromatic carbocycles. The topological polar surface area (TPSA) is 38.5 Å². The zero-order valence-corrected chi connectivity index (χ0v) is 12.2. The molecule has 0 amide bonds. The number of hydrogen-bond acceptors (Lipinski definition) is 4. The third-order valence-electron chi connectivity index (χ3n) is 3.83. The second-order valence-corrected chi connectivity index (χ2v) is 6.62. The van der Waals surface area contributed by atoms with Crippen LogP contribution in [0.3, 0.4) is 0 Å². The molecule has 4 heteroatoms. The molecule has 0 saturated carbocycles. The Hall–Kier alpha value is -0.420. The Bertz CT molecular complexity index is 345. The minimum Gasteiger partial charge on any atom is -0.381 e. The number of hydrogen-bond donors (Lipinski definition) is 1. The summed E-state index contributed by atoms with van der Waals surface area (Å²) in [5.41, 5.74) is 6.15. The number of ether oxygens (including phenoxy) is 1. The molecule has 1 aliphatic rings. The monoisotopic (exact) mass is 268 g/mol. The van der Waals surface area contributed by atoms with Gasteiger partial charge in [-0.15, -0.1) is 11.3 Å². The molecule has 3 nitrogen and oxygen atoms in total. The minimum absolute atomic E-state index is 0.168. The second-order valence-electron chi connectivity index (χ2n) is 5.58. The Balaban J connectivity index is 2.01. The van der Waals surface area contributed by atoms with Gasteiger partial charge >= 0.3 is 0 Å². The van der Waals surface area contributed by atoms with Crippen molar-refractivity contribution in [2.45, 2.75) is 32.9 Å². The molecule has 1 aliphatic heterocycles. The zero-order chi connectivity index (χ0) is 13.0. The highest BCUT2D eigenvalue weighted by molar-refractivity contribution is 7.09. The van der Waals surface area contributed by atoms with Crippen molar-refractivity contribution < 1.29 is 4.74 Å². The molecule has 2 N–H and O–H groups in total. The quantitative estimate of drug-likeness (QED) is 0.860. The van der Waals surface area contributed by atoms with Gasteiger partial charge in [0.15, 0.2) is 0 Å². The standard InChI is InChI=1S/C14H24N2OS/c1-12(2)16(8-13-4-3-7-18-13)10-14(9-15)5-6-17-11-14/h3-4,7,12H,5-6,8-11,15H2,1-2H3. The van der Waals surface area contributed by atoms with E-state index in [0.29, 0.717) is 6.04 Å². The van der Waals surface area contributed by atoms with Crippen molar-refractivity contribution in [1.82, 2.24) is 4.90 Å². The van der Waals surface area contributed by atoms with Gasteiger partial charge in [0, 0.05) is 42.6 Å². The van der Waals surface area contributed by atoms with Crippen LogP contribution in [0, 0.1) is 5.41 Å². The largest absolute Gasteiger partial charge is 0.381 e. The lowest BCUT2D eigenvalue weighted by Crippen LogP contribution is -2.45. The third-order valence-corrected chi connectivity index (χ3v) is 4.69. The molecule has 0 radical (unpaired) electrons. The van der Waals surface area contributed by atoms with Crippen molar-refractivity contribution in [3.05, 3.63) is 22.4 Å². The first kappa shape index (κ1) is 14.0. The van der Waals surface area contributed by atoms with Crippen molar-refractivity contribution >= 4 is 11.3 Å². The molecular formula is C14H24N2OS. The van der Waals surface area contributed by atoms with E-state index in [1.807, 2.05) is 11.3 Å². The summed E-state index contributed by atoms with van der Waals surface area (Å²) in [5, 5.41) is 2.14. The lowest BCUT2D eigenvalue weighted by molar-refractivity contribution is 0.0949. The highest BCUT2D eigenvalue weighted by atomic mass is 32.1. The minimum atomic E-state index is 0.168. The maximum Gasteiger partial charge on any atom is 0.0547 e. The molecular weight excluding hydrogens is 244 g/mol. The molecule has 1 fully saturated rings. The van der Waals surface area contributed by atoms with Gasteiger partial charge in [-0.2, -0.15) is 0 Å². The van der Waals surface area contributed by atoms with Gasteiger partial charge in [-0.05, 0) is 31.7 Å². The van der Waals surface area contributed by atoms with Gasteiger partial charge in [-0.3, -0.25) is 4.90 Å². The van der Waals surface area contributed by atoms with Crippen molar-refractivity contribution in [2.24, 2.45) is 11.1 Å². The van der Waals surface area contributed by atoms with E-state index in [1.54, 1.807) is 0 Å². The smallest absolute Gasteiger partial charge is 0.0547 e. The van der Waals surface area contributed by atoms with Crippen LogP contribution in [0.5, 0.6) is 0 Å². The highest BCUT2D eigenvalue weighted by Crippen LogP contribution is 2.30. The lowest BCUT2D eigenvalue weighted by Gasteiger charge is -2.35. The van der Waals surface area contributed by atoms with E-state index in [0.717, 1.165) is 39.3 Å². The molecule has 1 aromatic heterocycles. The van der Waals surface area contributed by atoms with E-state index in [1.165, 1.54) is 4.88 Å². The van der Waals surface area contributed by atoms with Crippen LogP contribution in [-0.2, 0) is 11.3 Å². The first-order valence-electron chi connectivity index (χ1n) is 6.69. The average Bonchev–Trinajstić information content (AvgIpc) is 3.00. The van der Waals surface area contributed by atoms with E-state index in [4.69, 9.17) is 10.5 Å². The highest BCUT2D eigenvalue weighted by Gasteiger charge is 2.35. The number of nitrogens with zero attached hydrogens (tertiary/aromatic N) is 1. The van der Waals surface area contributed by atoms with E-state index in [-0.39, 0.29) is 5.41 Å². The molecule has 1 atom stereocenters. The normalized spacial score (nSPS) is 24.3. The fraction of sp³-hybridized carbons (Fsp3) is 0.714. The van der Waals surface area contributed by atoms with Gasteiger partial charge in [-0.25, -0.2) is 0 Å². The van der Waals surface area contributed by atoms with Crippen LogP contribution in [-0.4, -0.2) is 37.2 Å². The predicted octanol–water partition coefficient (Wildman–Crippen LogP) is 2.32. The first-order chi connectivity index (χ1) is 8.65. The summed E-state index contributed by atoms with van der Waals surface area (Å²) in [4.78, 5) is 3.95. The number of thiophene rings is 1. The van der Waals surface area contributed by atoms with Crippen molar-refractivity contribution in [3.63, 3.8) is 0 Å². The maximum atomic E-state index is 5.99. The summed E-state index contributed by atoms with van der Waals surface area (Å²) in [7, 11) is 0. The summed E-state index contributed by atoms with van der Waals surface area (Å²) >= 11 is 1.83. The summed E-state index contributed by atoms with van der Waals surface area (Å²) in [6.45, 7) is 8.98. The molecule has 2 heterocycles. The lowest BCUT2D eigenvalue weighted by atomic mass is 9.86. The van der Waals surface area contributed by atoms with Crippen molar-refractivity contribution in [1.29, 1.82) is 0 Å². The summed E-state index contributed by atoms with van der Waals surface area (Å²) in [6.07, 6.45) is 1.09. The predicted molar refractivity (Wildman–Crippen MR) is 76.8 cm³/mol. The van der Waals surface area contributed by atoms with Crippen molar-refractivity contribution in [3.8, 4) is 0 Å². The molecule has 102 valence electrons. The van der Waals surface area contributed by atoms with Gasteiger partial charge < -0.3 is 10.5 Å². The van der Waals surface area contributed by atoms with Crippen LogP contribution in [0.15, 0.2) is 17.5 Å². The number of nitrogens with two attached hydrogens (primary N) is 1. The molecule has 0 spiro atoms. The van der Waals surface area contributed by atoms with Crippen LogP contribution < -0.4 is 5.73 Å². The summed E-state index contributed by atoms with van der Waals surface area (Å²) in [5.74, 6) is 0. The van der Waals surface area contributed by atoms with Crippen LogP contribution in [0.25, 0.3) is 0 Å². The Labute approximate surface area is 114 Å². The Morgan fingerprint density at radius 3 is 2.89 bits per heavy atom. The van der Waals surface area contributed by atoms with E-state index >= 15 is 0 Å². The summed E-state index contributed by atoms with van der Waals surface area (Å²) in [6, 6.07) is 4.87. The van der Waals surface area contributed by atoms with Crippen LogP contribution in [0.4, 0.5) is 0 Å². The van der Waals surface area contributed by atoms with Gasteiger partial charge in [0.05, 0.1) is 6.61 Å². The van der Waals surface area contributed by atoms with Gasteiger partial charge in [-0.1, -0.05) is 6.07 Å². The van der Waals surface area contributed by atoms with Gasteiger partial charge in [0.25, 0.3) is 0 Å². The fourth-order valence-corrected chi connectivity index (χ4v) is 3.18.